The number of anilines is 2. The Hall–Kier alpha value is -3.03. The predicted molar refractivity (Wildman–Crippen MR) is 104 cm³/mol. The number of hydrogen-bond acceptors (Lipinski definition) is 7. The Kier molecular flexibility index (Phi) is 4.47. The monoisotopic (exact) mass is 364 g/mol. The average molecular weight is 364 g/mol. The Morgan fingerprint density at radius 3 is 2.63 bits per heavy atom. The lowest BCUT2D eigenvalue weighted by molar-refractivity contribution is 0.424. The highest BCUT2D eigenvalue weighted by molar-refractivity contribution is 5.42. The van der Waals surface area contributed by atoms with Crippen molar-refractivity contribution in [3.05, 3.63) is 48.7 Å². The number of nitrogens with one attached hydrogen (secondary N) is 1. The van der Waals surface area contributed by atoms with E-state index >= 15 is 0 Å². The van der Waals surface area contributed by atoms with Crippen molar-refractivity contribution < 1.29 is 0 Å². The first-order valence-electron chi connectivity index (χ1n) is 9.14. The summed E-state index contributed by atoms with van der Waals surface area (Å²) in [5.41, 5.74) is 1.04. The zero-order valence-corrected chi connectivity index (χ0v) is 15.9. The summed E-state index contributed by atoms with van der Waals surface area (Å²) in [6.07, 6.45) is 7.01. The standard InChI is InChI=1S/C19H24N8/c1-19(2,3)15-5-6-17(25-24-15)26-12-14(13-26)9-21-16-10-20-11-18(23-16)27-8-4-7-22-27/h4-8,10-11,14H,9,12-13H2,1-3H3,(H,21,23). The highest BCUT2D eigenvalue weighted by Gasteiger charge is 2.28. The smallest absolute Gasteiger partial charge is 0.173 e. The van der Waals surface area contributed by atoms with E-state index in [0.717, 1.165) is 37.0 Å². The molecule has 27 heavy (non-hydrogen) atoms. The molecule has 1 saturated heterocycles. The first-order chi connectivity index (χ1) is 13.0. The van der Waals surface area contributed by atoms with Gasteiger partial charge in [-0.25, -0.2) is 9.67 Å². The Morgan fingerprint density at radius 1 is 1.11 bits per heavy atom. The molecule has 0 unspecified atom stereocenters. The van der Waals surface area contributed by atoms with E-state index in [4.69, 9.17) is 0 Å². The summed E-state index contributed by atoms with van der Waals surface area (Å²) in [6.45, 7) is 9.21. The van der Waals surface area contributed by atoms with Crippen molar-refractivity contribution in [2.24, 2.45) is 5.92 Å². The molecule has 4 heterocycles. The summed E-state index contributed by atoms with van der Waals surface area (Å²) in [5.74, 6) is 2.95. The second-order valence-electron chi connectivity index (χ2n) is 7.89. The van der Waals surface area contributed by atoms with Gasteiger partial charge in [0.25, 0.3) is 0 Å². The van der Waals surface area contributed by atoms with Crippen LogP contribution in [0.25, 0.3) is 5.82 Å². The number of nitrogens with zero attached hydrogens (tertiary/aromatic N) is 7. The molecule has 0 radical (unpaired) electrons. The van der Waals surface area contributed by atoms with Crippen LogP contribution in [0.15, 0.2) is 43.0 Å². The van der Waals surface area contributed by atoms with Crippen LogP contribution in [0.5, 0.6) is 0 Å². The van der Waals surface area contributed by atoms with Crippen LogP contribution in [0.1, 0.15) is 26.5 Å². The SMILES string of the molecule is CC(C)(C)c1ccc(N2CC(CNc3cncc(-n4cccn4)n3)C2)nn1. The van der Waals surface area contributed by atoms with Gasteiger partial charge in [0.1, 0.15) is 5.82 Å². The van der Waals surface area contributed by atoms with Gasteiger partial charge in [-0.05, 0) is 18.2 Å². The Bertz CT molecular complexity index is 877. The molecule has 0 aliphatic carbocycles. The molecule has 1 N–H and O–H groups in total. The molecule has 140 valence electrons. The Balaban J connectivity index is 1.29. The molecular formula is C19H24N8. The second kappa shape index (κ2) is 6.94. The molecule has 0 atom stereocenters. The Morgan fingerprint density at radius 2 is 1.96 bits per heavy atom. The number of aromatic nitrogens is 6. The van der Waals surface area contributed by atoms with Gasteiger partial charge >= 0.3 is 0 Å². The fourth-order valence-electron chi connectivity index (χ4n) is 2.98. The van der Waals surface area contributed by atoms with Crippen LogP contribution >= 0.6 is 0 Å². The van der Waals surface area contributed by atoms with E-state index in [0.29, 0.717) is 11.7 Å². The van der Waals surface area contributed by atoms with Gasteiger partial charge in [-0.2, -0.15) is 10.2 Å². The lowest BCUT2D eigenvalue weighted by Gasteiger charge is -2.40. The van der Waals surface area contributed by atoms with Crippen LogP contribution in [-0.2, 0) is 5.41 Å². The maximum Gasteiger partial charge on any atom is 0.173 e. The molecule has 1 aliphatic heterocycles. The normalized spacial score (nSPS) is 14.9. The molecule has 0 aromatic carbocycles. The lowest BCUT2D eigenvalue weighted by atomic mass is 9.92. The van der Waals surface area contributed by atoms with E-state index in [-0.39, 0.29) is 5.41 Å². The molecule has 4 rings (SSSR count). The number of hydrogen-bond donors (Lipinski definition) is 1. The summed E-state index contributed by atoms with van der Waals surface area (Å²) in [6, 6.07) is 6.00. The van der Waals surface area contributed by atoms with Gasteiger partial charge in [-0.15, -0.1) is 5.10 Å². The zero-order valence-electron chi connectivity index (χ0n) is 15.9. The molecule has 8 heteroatoms. The summed E-state index contributed by atoms with van der Waals surface area (Å²) in [7, 11) is 0. The summed E-state index contributed by atoms with van der Waals surface area (Å²) in [4.78, 5) is 11.0. The van der Waals surface area contributed by atoms with Gasteiger partial charge in [0.2, 0.25) is 0 Å². The van der Waals surface area contributed by atoms with E-state index in [9.17, 15) is 0 Å². The third-order valence-corrected chi connectivity index (χ3v) is 4.63. The minimum absolute atomic E-state index is 0.0265. The molecule has 8 nitrogen and oxygen atoms in total. The molecule has 0 saturated carbocycles. The van der Waals surface area contributed by atoms with E-state index in [1.165, 1.54) is 0 Å². The fourth-order valence-corrected chi connectivity index (χ4v) is 2.98. The molecule has 0 spiro atoms. The van der Waals surface area contributed by atoms with Crippen LogP contribution in [0.2, 0.25) is 0 Å². The second-order valence-corrected chi connectivity index (χ2v) is 7.89. The fraction of sp³-hybridized carbons (Fsp3) is 0.421. The first kappa shape index (κ1) is 17.4. The van der Waals surface area contributed by atoms with Crippen LogP contribution < -0.4 is 10.2 Å². The maximum absolute atomic E-state index is 4.55. The van der Waals surface area contributed by atoms with Gasteiger partial charge in [-0.1, -0.05) is 20.8 Å². The highest BCUT2D eigenvalue weighted by atomic mass is 15.3. The van der Waals surface area contributed by atoms with Crippen LogP contribution in [0, 0.1) is 5.92 Å². The largest absolute Gasteiger partial charge is 0.368 e. The van der Waals surface area contributed by atoms with Crippen LogP contribution in [0.3, 0.4) is 0 Å². The molecular weight excluding hydrogens is 340 g/mol. The van der Waals surface area contributed by atoms with Gasteiger partial charge in [-0.3, -0.25) is 4.98 Å². The molecule has 3 aromatic rings. The maximum atomic E-state index is 4.55. The van der Waals surface area contributed by atoms with Crippen molar-refractivity contribution in [2.75, 3.05) is 29.9 Å². The Labute approximate surface area is 158 Å². The van der Waals surface area contributed by atoms with Crippen LogP contribution in [-0.4, -0.2) is 49.6 Å². The van der Waals surface area contributed by atoms with Gasteiger partial charge in [0.15, 0.2) is 11.6 Å². The zero-order chi connectivity index (χ0) is 18.9. The summed E-state index contributed by atoms with van der Waals surface area (Å²) >= 11 is 0. The van der Waals surface area contributed by atoms with Crippen molar-refractivity contribution in [1.82, 2.24) is 29.9 Å². The topological polar surface area (TPSA) is 84.7 Å². The number of rotatable bonds is 5. The van der Waals surface area contributed by atoms with E-state index in [1.807, 2.05) is 12.3 Å². The average Bonchev–Trinajstić information content (AvgIpc) is 3.15. The highest BCUT2D eigenvalue weighted by Crippen LogP contribution is 2.25. The van der Waals surface area contributed by atoms with E-state index in [2.05, 4.69) is 68.4 Å². The van der Waals surface area contributed by atoms with Crippen LogP contribution in [0.4, 0.5) is 11.6 Å². The summed E-state index contributed by atoms with van der Waals surface area (Å²) in [5, 5.41) is 16.3. The summed E-state index contributed by atoms with van der Waals surface area (Å²) < 4.78 is 1.70. The molecule has 0 amide bonds. The van der Waals surface area contributed by atoms with Crippen molar-refractivity contribution in [2.45, 2.75) is 26.2 Å². The van der Waals surface area contributed by atoms with Crippen molar-refractivity contribution in [3.63, 3.8) is 0 Å². The molecule has 1 fully saturated rings. The first-order valence-corrected chi connectivity index (χ1v) is 9.14. The molecule has 0 bridgehead atoms. The van der Waals surface area contributed by atoms with Crippen molar-refractivity contribution in [3.8, 4) is 5.82 Å². The van der Waals surface area contributed by atoms with Gasteiger partial charge in [0, 0.05) is 43.4 Å². The van der Waals surface area contributed by atoms with Crippen molar-refractivity contribution in [1.29, 1.82) is 0 Å². The minimum Gasteiger partial charge on any atom is -0.368 e. The third-order valence-electron chi connectivity index (χ3n) is 4.63. The predicted octanol–water partition coefficient (Wildman–Crippen LogP) is 2.30. The third kappa shape index (κ3) is 3.89. The molecule has 1 aliphatic rings. The lowest BCUT2D eigenvalue weighted by Crippen LogP contribution is -2.50. The van der Waals surface area contributed by atoms with Crippen molar-refractivity contribution >= 4 is 11.6 Å². The van der Waals surface area contributed by atoms with Gasteiger partial charge < -0.3 is 10.2 Å². The van der Waals surface area contributed by atoms with E-state index in [1.54, 1.807) is 23.3 Å². The quantitative estimate of drug-likeness (QED) is 0.743. The van der Waals surface area contributed by atoms with E-state index < -0.39 is 0 Å². The minimum atomic E-state index is 0.0265. The van der Waals surface area contributed by atoms with Gasteiger partial charge in [0.05, 0.1) is 18.1 Å². The molecule has 3 aromatic heterocycles.